The molecule has 1 heterocycles. The molecule has 1 aliphatic heterocycles. The molecule has 1 N–H and O–H groups in total. The molecule has 2 rings (SSSR count). The minimum absolute atomic E-state index is 0.0213. The maximum absolute atomic E-state index is 12.6. The van der Waals surface area contributed by atoms with Gasteiger partial charge in [0.05, 0.1) is 0 Å². The molecule has 0 spiro atoms. The summed E-state index contributed by atoms with van der Waals surface area (Å²) in [5.41, 5.74) is 1.85. The first-order chi connectivity index (χ1) is 10.1. The van der Waals surface area contributed by atoms with E-state index in [0.717, 1.165) is 30.7 Å². The number of hydrogen-bond acceptors (Lipinski definition) is 3. The van der Waals surface area contributed by atoms with Crippen LogP contribution in [-0.2, 0) is 10.5 Å². The van der Waals surface area contributed by atoms with Crippen LogP contribution in [0.5, 0.6) is 0 Å². The van der Waals surface area contributed by atoms with E-state index >= 15 is 0 Å². The number of thioether (sulfide) groups is 1. The summed E-state index contributed by atoms with van der Waals surface area (Å²) in [5.74, 6) is 0.210. The molecular formula is C16H21NO3S. The number of rotatable bonds is 5. The fraction of sp³-hybridized carbons (Fsp3) is 0.500. The highest BCUT2D eigenvalue weighted by atomic mass is 32.2. The maximum Gasteiger partial charge on any atom is 0.303 e. The van der Waals surface area contributed by atoms with Gasteiger partial charge >= 0.3 is 5.97 Å². The number of nitrogens with zero attached hydrogens (tertiary/aromatic N) is 1. The normalized spacial score (nSPS) is 18.5. The van der Waals surface area contributed by atoms with Crippen LogP contribution in [-0.4, -0.2) is 41.2 Å². The predicted molar refractivity (Wildman–Crippen MR) is 84.5 cm³/mol. The molecule has 0 aromatic heterocycles. The van der Waals surface area contributed by atoms with Crippen LogP contribution < -0.4 is 0 Å². The van der Waals surface area contributed by atoms with Crippen molar-refractivity contribution >= 4 is 23.6 Å². The summed E-state index contributed by atoms with van der Waals surface area (Å²) in [7, 11) is 0. The third kappa shape index (κ3) is 4.49. The minimum atomic E-state index is -0.781. The standard InChI is InChI=1S/C16H21NO3S/c1-21-11-13-4-2-6-14(8-13)16(20)17-7-3-5-12(10-17)9-15(18)19/h2,4,6,8,12H,3,5,7,9-11H2,1H3,(H,18,19). The highest BCUT2D eigenvalue weighted by molar-refractivity contribution is 7.97. The van der Waals surface area contributed by atoms with Crippen LogP contribution in [0.4, 0.5) is 0 Å². The number of benzene rings is 1. The Morgan fingerprint density at radius 2 is 2.24 bits per heavy atom. The van der Waals surface area contributed by atoms with Crippen LogP contribution >= 0.6 is 11.8 Å². The Kier molecular flexibility index (Phi) is 5.67. The van der Waals surface area contributed by atoms with Crippen LogP contribution in [0.25, 0.3) is 0 Å². The highest BCUT2D eigenvalue weighted by Gasteiger charge is 2.25. The molecule has 1 amide bonds. The van der Waals surface area contributed by atoms with Gasteiger partial charge in [0.1, 0.15) is 0 Å². The van der Waals surface area contributed by atoms with Gasteiger partial charge in [-0.05, 0) is 42.7 Å². The summed E-state index contributed by atoms with van der Waals surface area (Å²) in [6.45, 7) is 1.28. The van der Waals surface area contributed by atoms with Gasteiger partial charge in [-0.2, -0.15) is 11.8 Å². The van der Waals surface area contributed by atoms with Crippen molar-refractivity contribution in [2.45, 2.75) is 25.0 Å². The van der Waals surface area contributed by atoms with Crippen molar-refractivity contribution in [2.24, 2.45) is 5.92 Å². The molecule has 4 nitrogen and oxygen atoms in total. The van der Waals surface area contributed by atoms with Crippen LogP contribution in [0.3, 0.4) is 0 Å². The lowest BCUT2D eigenvalue weighted by atomic mass is 9.94. The van der Waals surface area contributed by atoms with E-state index in [0.29, 0.717) is 12.1 Å². The third-order valence-corrected chi connectivity index (χ3v) is 4.38. The fourth-order valence-corrected chi connectivity index (χ4v) is 3.32. The van der Waals surface area contributed by atoms with Gasteiger partial charge in [-0.3, -0.25) is 9.59 Å². The minimum Gasteiger partial charge on any atom is -0.481 e. The SMILES string of the molecule is CSCc1cccc(C(=O)N2CCCC(CC(=O)O)C2)c1. The van der Waals surface area contributed by atoms with E-state index in [-0.39, 0.29) is 18.2 Å². The number of carboxylic acid groups (broad SMARTS) is 1. The Labute approximate surface area is 129 Å². The van der Waals surface area contributed by atoms with Gasteiger partial charge in [0, 0.05) is 30.8 Å². The Bertz CT molecular complexity index is 518. The molecule has 0 aliphatic carbocycles. The molecule has 0 saturated carbocycles. The summed E-state index contributed by atoms with van der Waals surface area (Å²) in [4.78, 5) is 25.2. The van der Waals surface area contributed by atoms with Crippen LogP contribution in [0.2, 0.25) is 0 Å². The molecule has 21 heavy (non-hydrogen) atoms. The number of aliphatic carboxylic acids is 1. The van der Waals surface area contributed by atoms with Crippen molar-refractivity contribution in [3.8, 4) is 0 Å². The van der Waals surface area contributed by atoms with Gasteiger partial charge in [-0.1, -0.05) is 12.1 Å². The Morgan fingerprint density at radius 1 is 1.43 bits per heavy atom. The first kappa shape index (κ1) is 15.9. The number of hydrogen-bond donors (Lipinski definition) is 1. The van der Waals surface area contributed by atoms with Crippen LogP contribution in [0.1, 0.15) is 35.2 Å². The molecule has 1 aromatic rings. The second kappa shape index (κ2) is 7.50. The molecule has 1 unspecified atom stereocenters. The summed E-state index contributed by atoms with van der Waals surface area (Å²) in [5, 5.41) is 8.90. The average molecular weight is 307 g/mol. The topological polar surface area (TPSA) is 57.6 Å². The third-order valence-electron chi connectivity index (χ3n) is 3.75. The molecule has 1 aliphatic rings. The number of likely N-dealkylation sites (tertiary alicyclic amines) is 1. The fourth-order valence-electron chi connectivity index (χ4n) is 2.81. The zero-order valence-corrected chi connectivity index (χ0v) is 13.1. The first-order valence-electron chi connectivity index (χ1n) is 7.19. The van der Waals surface area contributed by atoms with Crippen LogP contribution in [0, 0.1) is 5.92 Å². The molecule has 0 bridgehead atoms. The second-order valence-electron chi connectivity index (χ2n) is 5.49. The van der Waals surface area contributed by atoms with Gasteiger partial charge in [0.2, 0.25) is 0 Å². The van der Waals surface area contributed by atoms with Gasteiger partial charge in [0.15, 0.2) is 0 Å². The van der Waals surface area contributed by atoms with Gasteiger partial charge in [-0.15, -0.1) is 0 Å². The highest BCUT2D eigenvalue weighted by Crippen LogP contribution is 2.22. The van der Waals surface area contributed by atoms with Gasteiger partial charge in [0.25, 0.3) is 5.91 Å². The van der Waals surface area contributed by atoms with E-state index in [4.69, 9.17) is 5.11 Å². The lowest BCUT2D eigenvalue weighted by Crippen LogP contribution is -2.40. The lowest BCUT2D eigenvalue weighted by molar-refractivity contribution is -0.138. The molecule has 1 fully saturated rings. The maximum atomic E-state index is 12.6. The van der Waals surface area contributed by atoms with E-state index in [1.807, 2.05) is 30.5 Å². The second-order valence-corrected chi connectivity index (χ2v) is 6.36. The number of carbonyl (C=O) groups is 2. The molecule has 5 heteroatoms. The molecule has 1 aromatic carbocycles. The smallest absolute Gasteiger partial charge is 0.303 e. The van der Waals surface area contributed by atoms with E-state index in [9.17, 15) is 9.59 Å². The van der Waals surface area contributed by atoms with Gasteiger partial charge < -0.3 is 10.0 Å². The van der Waals surface area contributed by atoms with Crippen molar-refractivity contribution in [2.75, 3.05) is 19.3 Å². The van der Waals surface area contributed by atoms with Gasteiger partial charge in [-0.25, -0.2) is 0 Å². The van der Waals surface area contributed by atoms with Crippen molar-refractivity contribution in [1.29, 1.82) is 0 Å². The van der Waals surface area contributed by atoms with Crippen molar-refractivity contribution in [1.82, 2.24) is 4.90 Å². The number of carbonyl (C=O) groups excluding carboxylic acids is 1. The summed E-state index contributed by atoms with van der Waals surface area (Å²) < 4.78 is 0. The molecule has 1 atom stereocenters. The number of piperidine rings is 1. The quantitative estimate of drug-likeness (QED) is 0.909. The molecule has 0 radical (unpaired) electrons. The zero-order valence-electron chi connectivity index (χ0n) is 12.2. The van der Waals surface area contributed by atoms with E-state index in [1.165, 1.54) is 0 Å². The van der Waals surface area contributed by atoms with Crippen LogP contribution in [0.15, 0.2) is 24.3 Å². The monoisotopic (exact) mass is 307 g/mol. The zero-order chi connectivity index (χ0) is 15.2. The first-order valence-corrected chi connectivity index (χ1v) is 8.58. The Morgan fingerprint density at radius 3 is 2.95 bits per heavy atom. The molecule has 1 saturated heterocycles. The lowest BCUT2D eigenvalue weighted by Gasteiger charge is -2.32. The van der Waals surface area contributed by atoms with E-state index in [2.05, 4.69) is 0 Å². The Balaban J connectivity index is 2.04. The van der Waals surface area contributed by atoms with Crippen molar-refractivity contribution < 1.29 is 14.7 Å². The summed E-state index contributed by atoms with van der Waals surface area (Å²) in [6.07, 6.45) is 3.96. The number of amides is 1. The van der Waals surface area contributed by atoms with E-state index in [1.54, 1.807) is 16.7 Å². The molecule has 114 valence electrons. The van der Waals surface area contributed by atoms with Crippen molar-refractivity contribution in [3.63, 3.8) is 0 Å². The number of carboxylic acids is 1. The van der Waals surface area contributed by atoms with E-state index < -0.39 is 5.97 Å². The average Bonchev–Trinajstić information content (AvgIpc) is 2.47. The summed E-state index contributed by atoms with van der Waals surface area (Å²) >= 11 is 1.73. The molecular weight excluding hydrogens is 286 g/mol. The largest absolute Gasteiger partial charge is 0.481 e. The Hall–Kier alpha value is -1.49. The van der Waals surface area contributed by atoms with Crippen molar-refractivity contribution in [3.05, 3.63) is 35.4 Å². The predicted octanol–water partition coefficient (Wildman–Crippen LogP) is 2.88. The summed E-state index contributed by atoms with van der Waals surface area (Å²) in [6, 6.07) is 7.72.